The van der Waals surface area contributed by atoms with E-state index in [1.807, 2.05) is 0 Å². The number of hydrogen-bond acceptors (Lipinski definition) is 8. The first-order valence-corrected chi connectivity index (χ1v) is 10.2. The predicted octanol–water partition coefficient (Wildman–Crippen LogP) is 2.36. The lowest BCUT2D eigenvalue weighted by molar-refractivity contribution is -0.386. The number of nitro benzene ring substituents is 1. The zero-order valence-electron chi connectivity index (χ0n) is 16.6. The van der Waals surface area contributed by atoms with Gasteiger partial charge in [-0.1, -0.05) is 0 Å². The first kappa shape index (κ1) is 23.6. The highest BCUT2D eigenvalue weighted by atomic mass is 28.4. The summed E-state index contributed by atoms with van der Waals surface area (Å²) in [5.41, 5.74) is -0.138. The minimum Gasteiger partial charge on any atom is -0.493 e. The summed E-state index contributed by atoms with van der Waals surface area (Å²) in [5.74, 6) is 0.135. The van der Waals surface area contributed by atoms with Crippen molar-refractivity contribution in [3.8, 4) is 11.5 Å². The van der Waals surface area contributed by atoms with Crippen LogP contribution in [0.4, 0.5) is 10.5 Å². The van der Waals surface area contributed by atoms with Gasteiger partial charge in [0.25, 0.3) is 0 Å². The highest BCUT2D eigenvalue weighted by Gasteiger charge is 2.37. The van der Waals surface area contributed by atoms with Crippen molar-refractivity contribution in [2.75, 3.05) is 42.1 Å². The Balaban J connectivity index is 3.04. The summed E-state index contributed by atoms with van der Waals surface area (Å²) in [6.07, 6.45) is -0.807. The van der Waals surface area contributed by atoms with Crippen molar-refractivity contribution in [2.45, 2.75) is 19.0 Å². The molecule has 0 radical (unpaired) electrons. The number of carboxylic acid groups (broad SMARTS) is 1. The van der Waals surface area contributed by atoms with Crippen LogP contribution in [0.3, 0.4) is 0 Å². The van der Waals surface area contributed by atoms with E-state index < -0.39 is 19.8 Å². The molecule has 0 bridgehead atoms. The summed E-state index contributed by atoms with van der Waals surface area (Å²) < 4.78 is 26.1. The molecule has 0 aromatic heterocycles. The number of rotatable bonds is 12. The fourth-order valence-corrected chi connectivity index (χ4v) is 4.47. The van der Waals surface area contributed by atoms with Gasteiger partial charge < -0.3 is 32.8 Å². The maximum absolute atomic E-state index is 11.6. The Kier molecular flexibility index (Phi) is 9.11. The molecule has 0 aliphatic heterocycles. The van der Waals surface area contributed by atoms with Crippen molar-refractivity contribution in [1.29, 1.82) is 0 Å². The number of hydrogen-bond donors (Lipinski definition) is 1. The Morgan fingerprint density at radius 2 is 1.75 bits per heavy atom. The van der Waals surface area contributed by atoms with Crippen LogP contribution in [0.2, 0.25) is 6.04 Å². The first-order chi connectivity index (χ1) is 13.3. The largest absolute Gasteiger partial charge is 0.500 e. The lowest BCUT2D eigenvalue weighted by atomic mass is 10.1. The highest BCUT2D eigenvalue weighted by molar-refractivity contribution is 6.60. The van der Waals surface area contributed by atoms with Gasteiger partial charge in [-0.2, -0.15) is 0 Å². The zero-order valence-corrected chi connectivity index (χ0v) is 17.6. The van der Waals surface area contributed by atoms with Crippen LogP contribution in [0.5, 0.6) is 11.5 Å². The third-order valence-electron chi connectivity index (χ3n) is 4.26. The number of nitro groups is 1. The van der Waals surface area contributed by atoms with Gasteiger partial charge in [-0.05, 0) is 18.6 Å². The smallest absolute Gasteiger partial charge is 0.493 e. The van der Waals surface area contributed by atoms with E-state index in [1.165, 1.54) is 47.7 Å². The van der Waals surface area contributed by atoms with Gasteiger partial charge in [0, 0.05) is 33.9 Å². The van der Waals surface area contributed by atoms with E-state index in [1.54, 1.807) is 0 Å². The lowest BCUT2D eigenvalue weighted by Crippen LogP contribution is -2.43. The number of benzene rings is 1. The number of ether oxygens (including phenoxy) is 2. The molecule has 1 aromatic carbocycles. The summed E-state index contributed by atoms with van der Waals surface area (Å²) in [4.78, 5) is 23.6. The van der Waals surface area contributed by atoms with Crippen molar-refractivity contribution < 1.29 is 37.6 Å². The minimum atomic E-state index is -2.83. The number of methoxy groups -OCH3 is 2. The molecule has 1 N–H and O–H groups in total. The van der Waals surface area contributed by atoms with Crippen LogP contribution in [0, 0.1) is 10.1 Å². The summed E-state index contributed by atoms with van der Waals surface area (Å²) in [7, 11) is 4.24. The molecule has 158 valence electrons. The fourth-order valence-electron chi connectivity index (χ4n) is 2.77. The molecule has 0 saturated heterocycles. The van der Waals surface area contributed by atoms with Crippen LogP contribution in [-0.2, 0) is 19.8 Å². The van der Waals surface area contributed by atoms with Crippen molar-refractivity contribution in [1.82, 2.24) is 4.90 Å². The van der Waals surface area contributed by atoms with Crippen LogP contribution in [0.15, 0.2) is 12.1 Å². The Morgan fingerprint density at radius 3 is 2.18 bits per heavy atom. The van der Waals surface area contributed by atoms with Crippen LogP contribution in [0.1, 0.15) is 12.0 Å². The van der Waals surface area contributed by atoms with Gasteiger partial charge >= 0.3 is 20.6 Å². The Labute approximate surface area is 164 Å². The van der Waals surface area contributed by atoms with Crippen molar-refractivity contribution >= 4 is 20.6 Å². The molecule has 0 fully saturated rings. The van der Waals surface area contributed by atoms with E-state index >= 15 is 0 Å². The Morgan fingerprint density at radius 1 is 1.14 bits per heavy atom. The molecule has 0 unspecified atom stereocenters. The quantitative estimate of drug-likeness (QED) is 0.309. The van der Waals surface area contributed by atoms with Crippen LogP contribution in [0.25, 0.3) is 0 Å². The zero-order chi connectivity index (χ0) is 21.3. The fraction of sp³-hybridized carbons (Fsp3) is 0.562. The molecule has 1 rings (SSSR count). The molecule has 11 nitrogen and oxygen atoms in total. The van der Waals surface area contributed by atoms with Crippen molar-refractivity contribution in [3.05, 3.63) is 27.8 Å². The monoisotopic (exact) mass is 418 g/mol. The van der Waals surface area contributed by atoms with E-state index in [0.717, 1.165) is 4.90 Å². The van der Waals surface area contributed by atoms with Crippen LogP contribution < -0.4 is 9.47 Å². The molecule has 28 heavy (non-hydrogen) atoms. The lowest BCUT2D eigenvalue weighted by Gasteiger charge is -2.26. The van der Waals surface area contributed by atoms with Gasteiger partial charge in [0.15, 0.2) is 5.75 Å². The second-order valence-corrected chi connectivity index (χ2v) is 8.76. The van der Waals surface area contributed by atoms with E-state index in [2.05, 4.69) is 0 Å². The first-order valence-electron chi connectivity index (χ1n) is 8.30. The summed E-state index contributed by atoms with van der Waals surface area (Å²) >= 11 is 0. The van der Waals surface area contributed by atoms with Gasteiger partial charge in [0.1, 0.15) is 0 Å². The molecule has 12 heteroatoms. The second kappa shape index (κ2) is 10.8. The third kappa shape index (κ3) is 5.54. The van der Waals surface area contributed by atoms with Crippen LogP contribution in [-0.4, -0.2) is 71.9 Å². The molecule has 0 atom stereocenters. The number of nitrogens with zero attached hydrogens (tertiary/aromatic N) is 2. The molecule has 0 aliphatic rings. The average molecular weight is 418 g/mol. The Hall–Kier alpha value is -2.41. The molecule has 0 aliphatic carbocycles. The van der Waals surface area contributed by atoms with Crippen LogP contribution >= 0.6 is 0 Å². The van der Waals surface area contributed by atoms with Crippen molar-refractivity contribution in [3.63, 3.8) is 0 Å². The SMILES string of the molecule is COc1ccc(CN(CCC[Si](OC)(OC)OC)C(=O)O)c([N+](=O)[O-])c1OC. The van der Waals surface area contributed by atoms with E-state index in [9.17, 15) is 20.0 Å². The molecule has 1 amide bonds. The van der Waals surface area contributed by atoms with E-state index in [-0.39, 0.29) is 35.8 Å². The molecular weight excluding hydrogens is 392 g/mol. The second-order valence-electron chi connectivity index (χ2n) is 5.67. The molecule has 1 aromatic rings. The Bertz CT molecular complexity index is 674. The van der Waals surface area contributed by atoms with Crippen molar-refractivity contribution in [2.24, 2.45) is 0 Å². The molecule has 0 spiro atoms. The summed E-state index contributed by atoms with van der Waals surface area (Å²) in [5, 5.41) is 21.1. The van der Waals surface area contributed by atoms with E-state index in [0.29, 0.717) is 12.5 Å². The molecular formula is C16H26N2O9Si. The molecule has 0 saturated carbocycles. The van der Waals surface area contributed by atoms with E-state index in [4.69, 9.17) is 22.8 Å². The summed E-state index contributed by atoms with van der Waals surface area (Å²) in [6.45, 7) is -0.0703. The standard InChI is InChI=1S/C16H26N2O9Si/c1-23-13-8-7-12(14(18(21)22)15(13)24-2)11-17(16(19)20)9-6-10-28(25-3,26-4)27-5/h7-8H,6,9-11H2,1-5H3,(H,19,20). The van der Waals surface area contributed by atoms with Gasteiger partial charge in [-0.15, -0.1) is 0 Å². The maximum Gasteiger partial charge on any atom is 0.500 e. The number of amides is 1. The minimum absolute atomic E-state index is 0.0556. The van der Waals surface area contributed by atoms with Gasteiger partial charge in [-0.3, -0.25) is 10.1 Å². The topological polar surface area (TPSA) is 130 Å². The van der Waals surface area contributed by atoms with Gasteiger partial charge in [-0.25, -0.2) is 4.79 Å². The number of carbonyl (C=O) groups is 1. The van der Waals surface area contributed by atoms with Gasteiger partial charge in [0.2, 0.25) is 5.75 Å². The summed E-state index contributed by atoms with van der Waals surface area (Å²) in [6, 6.07) is 3.35. The maximum atomic E-state index is 11.6. The average Bonchev–Trinajstić information content (AvgIpc) is 2.69. The third-order valence-corrected chi connectivity index (χ3v) is 7.09. The highest BCUT2D eigenvalue weighted by Crippen LogP contribution is 2.39. The van der Waals surface area contributed by atoms with Gasteiger partial charge in [0.05, 0.1) is 31.3 Å². The molecule has 0 heterocycles. The normalized spacial score (nSPS) is 11.2. The predicted molar refractivity (Wildman–Crippen MR) is 101 cm³/mol.